The molecule has 2 heteroatoms. The lowest BCUT2D eigenvalue weighted by atomic mass is 9.74. The molecular weight excluding hydrogens is 232 g/mol. The van der Waals surface area contributed by atoms with Gasteiger partial charge < -0.3 is 5.73 Å². The van der Waals surface area contributed by atoms with E-state index in [0.717, 1.165) is 19.6 Å². The van der Waals surface area contributed by atoms with Crippen LogP contribution in [0.1, 0.15) is 45.1 Å². The van der Waals surface area contributed by atoms with Gasteiger partial charge in [0, 0.05) is 25.7 Å². The van der Waals surface area contributed by atoms with Crippen molar-refractivity contribution in [2.24, 2.45) is 11.1 Å². The number of hydrogen-bond acceptors (Lipinski definition) is 2. The summed E-state index contributed by atoms with van der Waals surface area (Å²) in [6.07, 6.45) is 5.36. The molecule has 2 nitrogen and oxygen atoms in total. The Hall–Kier alpha value is -0.860. The van der Waals surface area contributed by atoms with Crippen LogP contribution in [-0.2, 0) is 6.54 Å². The smallest absolute Gasteiger partial charge is 0.0237 e. The number of rotatable bonds is 5. The minimum atomic E-state index is 0.493. The molecule has 0 aliphatic heterocycles. The van der Waals surface area contributed by atoms with Crippen molar-refractivity contribution in [2.45, 2.75) is 52.1 Å². The molecule has 1 aromatic rings. The second-order valence-corrected chi connectivity index (χ2v) is 6.66. The Morgan fingerprint density at radius 2 is 2.00 bits per heavy atom. The molecule has 19 heavy (non-hydrogen) atoms. The third kappa shape index (κ3) is 4.32. The molecule has 1 aliphatic carbocycles. The molecular formula is C17H28N2. The molecule has 0 amide bonds. The lowest BCUT2D eigenvalue weighted by Gasteiger charge is -2.41. The van der Waals surface area contributed by atoms with Crippen LogP contribution in [0.5, 0.6) is 0 Å². The van der Waals surface area contributed by atoms with E-state index in [1.54, 1.807) is 0 Å². The van der Waals surface area contributed by atoms with Gasteiger partial charge in [0.2, 0.25) is 0 Å². The first kappa shape index (κ1) is 14.5. The quantitative estimate of drug-likeness (QED) is 0.879. The highest BCUT2D eigenvalue weighted by atomic mass is 15.2. The molecule has 1 atom stereocenters. The number of nitrogens with zero attached hydrogens (tertiary/aromatic N) is 1. The zero-order chi connectivity index (χ0) is 13.7. The molecule has 0 saturated heterocycles. The van der Waals surface area contributed by atoms with E-state index in [2.05, 4.69) is 49.1 Å². The monoisotopic (exact) mass is 260 g/mol. The van der Waals surface area contributed by atoms with Crippen LogP contribution in [0.25, 0.3) is 0 Å². The van der Waals surface area contributed by atoms with Crippen molar-refractivity contribution >= 4 is 0 Å². The predicted octanol–water partition coefficient (Wildman–Crippen LogP) is 3.42. The van der Waals surface area contributed by atoms with Crippen LogP contribution in [0, 0.1) is 5.41 Å². The van der Waals surface area contributed by atoms with E-state index in [1.165, 1.54) is 31.2 Å². The van der Waals surface area contributed by atoms with Crippen LogP contribution >= 0.6 is 0 Å². The normalized spacial score (nSPS) is 22.6. The van der Waals surface area contributed by atoms with Gasteiger partial charge in [-0.3, -0.25) is 4.90 Å². The summed E-state index contributed by atoms with van der Waals surface area (Å²) in [7, 11) is 0. The van der Waals surface area contributed by atoms with Gasteiger partial charge in [-0.2, -0.15) is 0 Å². The first-order chi connectivity index (χ1) is 9.11. The Bertz CT molecular complexity index is 372. The minimum absolute atomic E-state index is 0.493. The maximum absolute atomic E-state index is 5.82. The first-order valence-electron chi connectivity index (χ1n) is 7.59. The van der Waals surface area contributed by atoms with Crippen molar-refractivity contribution in [2.75, 3.05) is 13.1 Å². The highest BCUT2D eigenvalue weighted by Gasteiger charge is 2.31. The third-order valence-electron chi connectivity index (χ3n) is 4.34. The number of hydrogen-bond donors (Lipinski definition) is 1. The fourth-order valence-electron chi connectivity index (χ4n) is 3.34. The number of benzene rings is 1. The molecule has 0 radical (unpaired) electrons. The van der Waals surface area contributed by atoms with Crippen molar-refractivity contribution < 1.29 is 0 Å². The Kier molecular flexibility index (Phi) is 5.00. The average Bonchev–Trinajstić information content (AvgIpc) is 2.38. The van der Waals surface area contributed by atoms with Crippen molar-refractivity contribution in [1.29, 1.82) is 0 Å². The van der Waals surface area contributed by atoms with Crippen LogP contribution in [0.2, 0.25) is 0 Å². The zero-order valence-electron chi connectivity index (χ0n) is 12.4. The van der Waals surface area contributed by atoms with Crippen LogP contribution < -0.4 is 5.73 Å². The largest absolute Gasteiger partial charge is 0.329 e. The van der Waals surface area contributed by atoms with Gasteiger partial charge in [-0.1, -0.05) is 50.6 Å². The number of nitrogens with two attached hydrogens (primary N) is 1. The van der Waals surface area contributed by atoms with Gasteiger partial charge in [-0.15, -0.1) is 0 Å². The van der Waals surface area contributed by atoms with Crippen LogP contribution in [0.3, 0.4) is 0 Å². The van der Waals surface area contributed by atoms with Crippen LogP contribution in [-0.4, -0.2) is 24.0 Å². The Morgan fingerprint density at radius 1 is 1.26 bits per heavy atom. The second-order valence-electron chi connectivity index (χ2n) is 6.66. The molecule has 1 aromatic carbocycles. The zero-order valence-corrected chi connectivity index (χ0v) is 12.4. The van der Waals surface area contributed by atoms with Gasteiger partial charge in [0.1, 0.15) is 0 Å². The van der Waals surface area contributed by atoms with Gasteiger partial charge in [0.25, 0.3) is 0 Å². The summed E-state index contributed by atoms with van der Waals surface area (Å²) in [4.78, 5) is 2.59. The summed E-state index contributed by atoms with van der Waals surface area (Å²) < 4.78 is 0. The Balaban J connectivity index is 2.03. The van der Waals surface area contributed by atoms with E-state index < -0.39 is 0 Å². The van der Waals surface area contributed by atoms with Gasteiger partial charge in [-0.25, -0.2) is 0 Å². The summed E-state index contributed by atoms with van der Waals surface area (Å²) >= 11 is 0. The Morgan fingerprint density at radius 3 is 2.63 bits per heavy atom. The predicted molar refractivity (Wildman–Crippen MR) is 81.9 cm³/mol. The molecule has 2 N–H and O–H groups in total. The lowest BCUT2D eigenvalue weighted by molar-refractivity contribution is 0.0909. The van der Waals surface area contributed by atoms with E-state index in [1.807, 2.05) is 0 Å². The van der Waals surface area contributed by atoms with Crippen molar-refractivity contribution in [3.8, 4) is 0 Å². The minimum Gasteiger partial charge on any atom is -0.329 e. The molecule has 0 spiro atoms. The van der Waals surface area contributed by atoms with Gasteiger partial charge in [0.05, 0.1) is 0 Å². The topological polar surface area (TPSA) is 29.3 Å². The molecule has 1 saturated carbocycles. The second kappa shape index (κ2) is 6.53. The maximum atomic E-state index is 5.82. The molecule has 1 unspecified atom stereocenters. The van der Waals surface area contributed by atoms with E-state index in [0.29, 0.717) is 11.5 Å². The SMILES string of the molecule is CC1(C)CCCC(N(CCN)Cc2ccccc2)C1. The first-order valence-corrected chi connectivity index (χ1v) is 7.59. The highest BCUT2D eigenvalue weighted by Crippen LogP contribution is 2.37. The Labute approximate surface area is 118 Å². The molecule has 2 rings (SSSR count). The van der Waals surface area contributed by atoms with Crippen molar-refractivity contribution in [1.82, 2.24) is 4.90 Å². The summed E-state index contributed by atoms with van der Waals surface area (Å²) in [5.74, 6) is 0. The van der Waals surface area contributed by atoms with Gasteiger partial charge >= 0.3 is 0 Å². The molecule has 0 heterocycles. The molecule has 1 fully saturated rings. The summed E-state index contributed by atoms with van der Waals surface area (Å²) in [6, 6.07) is 11.5. The molecule has 0 bridgehead atoms. The van der Waals surface area contributed by atoms with Crippen molar-refractivity contribution in [3.05, 3.63) is 35.9 Å². The third-order valence-corrected chi connectivity index (χ3v) is 4.34. The fraction of sp³-hybridized carbons (Fsp3) is 0.647. The van der Waals surface area contributed by atoms with E-state index in [-0.39, 0.29) is 0 Å². The summed E-state index contributed by atoms with van der Waals surface area (Å²) in [5.41, 5.74) is 7.71. The summed E-state index contributed by atoms with van der Waals surface area (Å²) in [5, 5.41) is 0. The highest BCUT2D eigenvalue weighted by molar-refractivity contribution is 5.14. The average molecular weight is 260 g/mol. The van der Waals surface area contributed by atoms with Crippen molar-refractivity contribution in [3.63, 3.8) is 0 Å². The summed E-state index contributed by atoms with van der Waals surface area (Å²) in [6.45, 7) is 7.61. The van der Waals surface area contributed by atoms with Gasteiger partial charge in [-0.05, 0) is 30.2 Å². The standard InChI is InChI=1S/C17H28N2/c1-17(2)10-6-9-16(13-17)19(12-11-18)14-15-7-4-3-5-8-15/h3-5,7-8,16H,6,9-14,18H2,1-2H3. The molecule has 0 aromatic heterocycles. The molecule has 106 valence electrons. The molecule has 1 aliphatic rings. The van der Waals surface area contributed by atoms with Crippen LogP contribution in [0.15, 0.2) is 30.3 Å². The van der Waals surface area contributed by atoms with E-state index >= 15 is 0 Å². The van der Waals surface area contributed by atoms with Gasteiger partial charge in [0.15, 0.2) is 0 Å². The lowest BCUT2D eigenvalue weighted by Crippen LogP contribution is -2.42. The fourth-order valence-corrected chi connectivity index (χ4v) is 3.34. The van der Waals surface area contributed by atoms with E-state index in [9.17, 15) is 0 Å². The maximum Gasteiger partial charge on any atom is 0.0237 e. The van der Waals surface area contributed by atoms with E-state index in [4.69, 9.17) is 5.73 Å². The van der Waals surface area contributed by atoms with Crippen LogP contribution in [0.4, 0.5) is 0 Å².